The van der Waals surface area contributed by atoms with Gasteiger partial charge in [-0.05, 0) is 85.0 Å². The molecule has 0 bridgehead atoms. The average molecular weight is 803 g/mol. The van der Waals surface area contributed by atoms with Crippen molar-refractivity contribution >= 4 is 0 Å². The molecule has 4 nitrogen and oxygen atoms in total. The van der Waals surface area contributed by atoms with Crippen molar-refractivity contribution in [2.45, 2.75) is 5.41 Å². The van der Waals surface area contributed by atoms with Crippen LogP contribution in [0.2, 0.25) is 0 Å². The Hall–Kier alpha value is -8.52. The van der Waals surface area contributed by atoms with E-state index >= 15 is 0 Å². The van der Waals surface area contributed by atoms with Crippen LogP contribution >= 0.6 is 0 Å². The smallest absolute Gasteiger partial charge is 0.164 e. The first-order valence-electron chi connectivity index (χ1n) is 21.2. The topological polar surface area (TPSA) is 62.5 Å². The van der Waals surface area contributed by atoms with Crippen LogP contribution in [0.5, 0.6) is 0 Å². The summed E-state index contributed by atoms with van der Waals surface area (Å²) in [6.45, 7) is 0. The molecule has 1 aliphatic carbocycles. The van der Waals surface area contributed by atoms with Gasteiger partial charge in [0.15, 0.2) is 17.5 Å². The van der Waals surface area contributed by atoms with Crippen molar-refractivity contribution in [2.75, 3.05) is 0 Å². The highest BCUT2D eigenvalue weighted by Crippen LogP contribution is 2.58. The molecule has 4 heteroatoms. The maximum atomic E-state index is 10.1. The summed E-state index contributed by atoms with van der Waals surface area (Å²) in [6, 6.07) is 82.8. The van der Waals surface area contributed by atoms with E-state index in [0.29, 0.717) is 23.0 Å². The molecule has 0 amide bonds. The number of hydrogen-bond acceptors (Lipinski definition) is 4. The summed E-state index contributed by atoms with van der Waals surface area (Å²) in [6.07, 6.45) is 0. The first kappa shape index (κ1) is 37.5. The zero-order valence-electron chi connectivity index (χ0n) is 34.2. The molecule has 0 saturated heterocycles. The van der Waals surface area contributed by atoms with Crippen LogP contribution in [0.4, 0.5) is 0 Å². The molecule has 0 saturated carbocycles. The fourth-order valence-electron chi connectivity index (χ4n) is 9.42. The summed E-state index contributed by atoms with van der Waals surface area (Å²) in [7, 11) is 0. The van der Waals surface area contributed by atoms with Crippen LogP contribution < -0.4 is 0 Å². The van der Waals surface area contributed by atoms with Crippen molar-refractivity contribution in [3.8, 4) is 84.7 Å². The summed E-state index contributed by atoms with van der Waals surface area (Å²) >= 11 is 0. The number of fused-ring (bicyclic) bond motifs is 3. The van der Waals surface area contributed by atoms with Gasteiger partial charge >= 0.3 is 0 Å². The molecule has 0 radical (unpaired) electrons. The van der Waals surface area contributed by atoms with Crippen molar-refractivity contribution in [2.24, 2.45) is 0 Å². The Balaban J connectivity index is 1.01. The third-order valence-electron chi connectivity index (χ3n) is 12.3. The Labute approximate surface area is 367 Å². The summed E-state index contributed by atoms with van der Waals surface area (Å²) in [5.74, 6) is 1.85. The largest absolute Gasteiger partial charge is 0.208 e. The minimum atomic E-state index is -0.559. The monoisotopic (exact) mass is 802 g/mol. The van der Waals surface area contributed by atoms with E-state index in [1.54, 1.807) is 0 Å². The van der Waals surface area contributed by atoms with Gasteiger partial charge in [-0.3, -0.25) is 0 Å². The lowest BCUT2D eigenvalue weighted by atomic mass is 9.67. The van der Waals surface area contributed by atoms with Crippen LogP contribution in [0.15, 0.2) is 231 Å². The average Bonchev–Trinajstić information content (AvgIpc) is 3.68. The molecule has 0 N–H and O–H groups in total. The molecule has 1 aliphatic rings. The van der Waals surface area contributed by atoms with Gasteiger partial charge in [-0.15, -0.1) is 0 Å². The highest BCUT2D eigenvalue weighted by atomic mass is 15.0. The van der Waals surface area contributed by atoms with Gasteiger partial charge in [0.05, 0.1) is 17.0 Å². The Bertz CT molecular complexity index is 3280. The third-order valence-corrected chi connectivity index (χ3v) is 12.3. The van der Waals surface area contributed by atoms with Gasteiger partial charge in [0.25, 0.3) is 0 Å². The summed E-state index contributed by atoms with van der Waals surface area (Å²) in [5.41, 5.74) is 16.4. The molecule has 0 atom stereocenters. The molecule has 294 valence electrons. The number of aromatic nitrogens is 3. The van der Waals surface area contributed by atoms with E-state index in [1.807, 2.05) is 48.5 Å². The van der Waals surface area contributed by atoms with E-state index in [9.17, 15) is 5.26 Å². The van der Waals surface area contributed by atoms with E-state index in [1.165, 1.54) is 22.3 Å². The van der Waals surface area contributed by atoms with Crippen LogP contribution in [0, 0.1) is 11.3 Å². The predicted molar refractivity (Wildman–Crippen MR) is 254 cm³/mol. The number of nitriles is 1. The molecule has 0 spiro atoms. The number of nitrogens with zero attached hydrogens (tertiary/aromatic N) is 4. The molecule has 0 aliphatic heterocycles. The van der Waals surface area contributed by atoms with Crippen LogP contribution in [-0.4, -0.2) is 15.0 Å². The van der Waals surface area contributed by atoms with Crippen LogP contribution in [-0.2, 0) is 5.41 Å². The van der Waals surface area contributed by atoms with Crippen LogP contribution in [0.1, 0.15) is 27.8 Å². The molecule has 11 rings (SSSR count). The van der Waals surface area contributed by atoms with Gasteiger partial charge in [-0.1, -0.05) is 212 Å². The third kappa shape index (κ3) is 6.52. The normalized spacial score (nSPS) is 12.2. The molecular weight excluding hydrogens is 765 g/mol. The molecular formula is C59H38N4. The molecule has 1 aromatic heterocycles. The molecule has 1 heterocycles. The minimum Gasteiger partial charge on any atom is -0.208 e. The quantitative estimate of drug-likeness (QED) is 0.153. The SMILES string of the molecule is N#Cc1ccc2c(c1)-c1c(-c3ccc(-c4cccc(-c5nc(-c6ccccc6)nc(-c6ccccc6-c6ccccc6)n5)c4)cc3)cccc1C2(c1ccccc1)c1ccccc1. The Morgan fingerprint density at radius 1 is 0.317 bits per heavy atom. The van der Waals surface area contributed by atoms with Gasteiger partial charge in [0.2, 0.25) is 0 Å². The van der Waals surface area contributed by atoms with Gasteiger partial charge in [-0.25, -0.2) is 15.0 Å². The zero-order chi connectivity index (χ0) is 42.2. The Morgan fingerprint density at radius 3 is 1.48 bits per heavy atom. The Kier molecular flexibility index (Phi) is 9.41. The standard InChI is InChI=1S/C59H38N4/c60-39-40-31-36-53-52(37-40)55-50(29-16-30-54(55)59(53,47-23-9-3-10-24-47)48-25-11-4-12-26-48)43-34-32-41(33-35-43)45-21-15-22-46(38-45)57-61-56(44-19-7-2-8-20-44)62-58(63-57)51-28-14-13-27-49(51)42-17-5-1-6-18-42/h1-38H. The van der Waals surface area contributed by atoms with Gasteiger partial charge in [0, 0.05) is 16.7 Å². The van der Waals surface area contributed by atoms with Crippen molar-refractivity contribution in [3.05, 3.63) is 258 Å². The molecule has 63 heavy (non-hydrogen) atoms. The second kappa shape index (κ2) is 15.8. The predicted octanol–water partition coefficient (Wildman–Crippen LogP) is 14.1. The van der Waals surface area contributed by atoms with Crippen molar-refractivity contribution < 1.29 is 0 Å². The van der Waals surface area contributed by atoms with E-state index in [2.05, 4.69) is 188 Å². The number of hydrogen-bond donors (Lipinski definition) is 0. The van der Waals surface area contributed by atoms with Crippen LogP contribution in [0.3, 0.4) is 0 Å². The molecule has 0 fully saturated rings. The van der Waals surface area contributed by atoms with Crippen molar-refractivity contribution in [1.82, 2.24) is 15.0 Å². The summed E-state index contributed by atoms with van der Waals surface area (Å²) < 4.78 is 0. The lowest BCUT2D eigenvalue weighted by Gasteiger charge is -2.34. The lowest BCUT2D eigenvalue weighted by molar-refractivity contribution is 0.768. The molecule has 0 unspecified atom stereocenters. The second-order valence-electron chi connectivity index (χ2n) is 15.8. The molecule has 10 aromatic rings. The van der Waals surface area contributed by atoms with E-state index in [4.69, 9.17) is 15.0 Å². The van der Waals surface area contributed by atoms with E-state index in [-0.39, 0.29) is 0 Å². The van der Waals surface area contributed by atoms with Gasteiger partial charge < -0.3 is 0 Å². The van der Waals surface area contributed by atoms with E-state index < -0.39 is 5.41 Å². The van der Waals surface area contributed by atoms with Crippen LogP contribution in [0.25, 0.3) is 78.7 Å². The summed E-state index contributed by atoms with van der Waals surface area (Å²) in [4.78, 5) is 15.3. The van der Waals surface area contributed by atoms with Gasteiger partial charge in [0.1, 0.15) is 0 Å². The number of benzene rings is 9. The lowest BCUT2D eigenvalue weighted by Crippen LogP contribution is -2.28. The maximum Gasteiger partial charge on any atom is 0.164 e. The summed E-state index contributed by atoms with van der Waals surface area (Å²) in [5, 5.41) is 10.1. The fraction of sp³-hybridized carbons (Fsp3) is 0.0169. The Morgan fingerprint density at radius 2 is 0.810 bits per heavy atom. The minimum absolute atomic E-state index is 0.559. The fourth-order valence-corrected chi connectivity index (χ4v) is 9.42. The first-order chi connectivity index (χ1) is 31.2. The highest BCUT2D eigenvalue weighted by Gasteiger charge is 2.47. The van der Waals surface area contributed by atoms with E-state index in [0.717, 1.165) is 61.2 Å². The zero-order valence-corrected chi connectivity index (χ0v) is 34.2. The number of rotatable bonds is 8. The highest BCUT2D eigenvalue weighted by molar-refractivity contribution is 5.96. The first-order valence-corrected chi connectivity index (χ1v) is 21.2. The van der Waals surface area contributed by atoms with Gasteiger partial charge in [-0.2, -0.15) is 5.26 Å². The second-order valence-corrected chi connectivity index (χ2v) is 15.8. The van der Waals surface area contributed by atoms with Crippen molar-refractivity contribution in [3.63, 3.8) is 0 Å². The van der Waals surface area contributed by atoms with Crippen molar-refractivity contribution in [1.29, 1.82) is 5.26 Å². The molecule has 9 aromatic carbocycles. The maximum absolute atomic E-state index is 10.1.